The Labute approximate surface area is 119 Å². The van der Waals surface area contributed by atoms with E-state index in [2.05, 4.69) is 5.32 Å². The van der Waals surface area contributed by atoms with Crippen LogP contribution >= 0.6 is 0 Å². The molecule has 110 valence electrons. The van der Waals surface area contributed by atoms with Crippen LogP contribution in [-0.2, 0) is 20.7 Å². The third-order valence-electron chi connectivity index (χ3n) is 2.91. The monoisotopic (exact) mass is 278 g/mol. The number of nitrogens with one attached hydrogen (secondary N) is 1. The van der Waals surface area contributed by atoms with E-state index in [1.165, 1.54) is 4.90 Å². The Balaban J connectivity index is 2.53. The Morgan fingerprint density at radius 2 is 1.95 bits per heavy atom. The average Bonchev–Trinajstić information content (AvgIpc) is 2.45. The van der Waals surface area contributed by atoms with Crippen molar-refractivity contribution >= 4 is 17.5 Å². The topological polar surface area (TPSA) is 58.6 Å². The number of aryl methyl sites for hydroxylation is 1. The minimum atomic E-state index is -0.210. The Hall–Kier alpha value is -1.88. The van der Waals surface area contributed by atoms with Gasteiger partial charge in [-0.25, -0.2) is 0 Å². The summed E-state index contributed by atoms with van der Waals surface area (Å²) >= 11 is 0. The summed E-state index contributed by atoms with van der Waals surface area (Å²) in [5.41, 5.74) is 1.87. The van der Waals surface area contributed by atoms with E-state index in [0.29, 0.717) is 6.61 Å². The third-order valence-corrected chi connectivity index (χ3v) is 2.91. The molecule has 0 spiro atoms. The molecule has 5 heteroatoms. The highest BCUT2D eigenvalue weighted by Crippen LogP contribution is 2.15. The van der Waals surface area contributed by atoms with E-state index in [9.17, 15) is 9.59 Å². The number of nitrogens with zero attached hydrogens (tertiary/aromatic N) is 1. The van der Waals surface area contributed by atoms with E-state index in [1.54, 1.807) is 7.05 Å². The van der Waals surface area contributed by atoms with E-state index in [-0.39, 0.29) is 25.0 Å². The normalized spacial score (nSPS) is 10.2. The summed E-state index contributed by atoms with van der Waals surface area (Å²) in [6.45, 7) is 4.36. The molecule has 0 aliphatic rings. The molecule has 0 aliphatic heterocycles. The van der Waals surface area contributed by atoms with E-state index in [4.69, 9.17) is 4.74 Å². The number of likely N-dealkylation sites (N-methyl/N-ethyl adjacent to an activating group) is 1. The molecule has 0 unspecified atom stereocenters. The number of anilines is 1. The summed E-state index contributed by atoms with van der Waals surface area (Å²) in [7, 11) is 1.59. The third kappa shape index (κ3) is 5.01. The van der Waals surface area contributed by atoms with E-state index >= 15 is 0 Å². The zero-order chi connectivity index (χ0) is 15.0. The minimum Gasteiger partial charge on any atom is -0.372 e. The van der Waals surface area contributed by atoms with Crippen molar-refractivity contribution in [2.75, 3.05) is 32.1 Å². The molecule has 0 saturated carbocycles. The smallest absolute Gasteiger partial charge is 0.248 e. The Bertz CT molecular complexity index is 460. The van der Waals surface area contributed by atoms with Crippen LogP contribution < -0.4 is 5.32 Å². The number of hydrogen-bond donors (Lipinski definition) is 1. The van der Waals surface area contributed by atoms with Crippen LogP contribution in [0.25, 0.3) is 0 Å². The second-order valence-corrected chi connectivity index (χ2v) is 4.45. The van der Waals surface area contributed by atoms with Gasteiger partial charge in [0.15, 0.2) is 0 Å². The quantitative estimate of drug-likeness (QED) is 0.825. The standard InChI is InChI=1S/C15H22N2O3/c1-4-12-8-6-7-9-13(12)16-14(18)10-17(3)15(19)11-20-5-2/h6-9H,4-5,10-11H2,1-3H3,(H,16,18). The van der Waals surface area contributed by atoms with Crippen molar-refractivity contribution < 1.29 is 14.3 Å². The van der Waals surface area contributed by atoms with Crippen LogP contribution in [0.5, 0.6) is 0 Å². The maximum atomic E-state index is 11.9. The van der Waals surface area contributed by atoms with Gasteiger partial charge in [-0.3, -0.25) is 9.59 Å². The zero-order valence-electron chi connectivity index (χ0n) is 12.3. The molecule has 0 fully saturated rings. The van der Waals surface area contributed by atoms with Gasteiger partial charge < -0.3 is 15.0 Å². The number of rotatable bonds is 7. The van der Waals surface area contributed by atoms with Crippen molar-refractivity contribution in [3.05, 3.63) is 29.8 Å². The van der Waals surface area contributed by atoms with Crippen molar-refractivity contribution in [2.45, 2.75) is 20.3 Å². The molecule has 0 heterocycles. The predicted molar refractivity (Wildman–Crippen MR) is 78.6 cm³/mol. The molecule has 0 aromatic heterocycles. The zero-order valence-corrected chi connectivity index (χ0v) is 12.3. The summed E-state index contributed by atoms with van der Waals surface area (Å²) in [5.74, 6) is -0.413. The highest BCUT2D eigenvalue weighted by Gasteiger charge is 2.13. The fraction of sp³-hybridized carbons (Fsp3) is 0.467. The van der Waals surface area contributed by atoms with Gasteiger partial charge in [0, 0.05) is 19.3 Å². The predicted octanol–water partition coefficient (Wildman–Crippen LogP) is 1.68. The van der Waals surface area contributed by atoms with Crippen LogP contribution in [0.1, 0.15) is 19.4 Å². The fourth-order valence-corrected chi connectivity index (χ4v) is 1.74. The molecule has 2 amide bonds. The first-order chi connectivity index (χ1) is 9.58. The Kier molecular flexibility index (Phi) is 6.73. The number of carbonyl (C=O) groups excluding carboxylic acids is 2. The second-order valence-electron chi connectivity index (χ2n) is 4.45. The highest BCUT2D eigenvalue weighted by atomic mass is 16.5. The lowest BCUT2D eigenvalue weighted by Gasteiger charge is -2.17. The molecule has 0 saturated heterocycles. The lowest BCUT2D eigenvalue weighted by Crippen LogP contribution is -2.37. The first-order valence-corrected chi connectivity index (χ1v) is 6.77. The van der Waals surface area contributed by atoms with Crippen LogP contribution in [0.4, 0.5) is 5.69 Å². The van der Waals surface area contributed by atoms with Gasteiger partial charge in [-0.05, 0) is 25.0 Å². The molecule has 0 radical (unpaired) electrons. The summed E-state index contributed by atoms with van der Waals surface area (Å²) in [5, 5.41) is 2.83. The maximum absolute atomic E-state index is 11.9. The summed E-state index contributed by atoms with van der Waals surface area (Å²) < 4.78 is 5.03. The van der Waals surface area contributed by atoms with E-state index < -0.39 is 0 Å². The van der Waals surface area contributed by atoms with Gasteiger partial charge in [-0.15, -0.1) is 0 Å². The lowest BCUT2D eigenvalue weighted by molar-refractivity contribution is -0.137. The fourth-order valence-electron chi connectivity index (χ4n) is 1.74. The Morgan fingerprint density at radius 1 is 1.25 bits per heavy atom. The molecule has 1 aromatic rings. The van der Waals surface area contributed by atoms with Gasteiger partial charge in [0.25, 0.3) is 0 Å². The van der Waals surface area contributed by atoms with Gasteiger partial charge >= 0.3 is 0 Å². The average molecular weight is 278 g/mol. The van der Waals surface area contributed by atoms with E-state index in [1.807, 2.05) is 38.1 Å². The number of benzene rings is 1. The lowest BCUT2D eigenvalue weighted by atomic mass is 10.1. The van der Waals surface area contributed by atoms with Crippen LogP contribution in [-0.4, -0.2) is 43.5 Å². The largest absolute Gasteiger partial charge is 0.372 e. The number of amides is 2. The van der Waals surface area contributed by atoms with Crippen LogP contribution in [0.2, 0.25) is 0 Å². The maximum Gasteiger partial charge on any atom is 0.248 e. The van der Waals surface area contributed by atoms with E-state index in [0.717, 1.165) is 17.7 Å². The Morgan fingerprint density at radius 3 is 2.60 bits per heavy atom. The van der Waals surface area contributed by atoms with Crippen molar-refractivity contribution in [1.29, 1.82) is 0 Å². The number of ether oxygens (including phenoxy) is 1. The molecular weight excluding hydrogens is 256 g/mol. The second kappa shape index (κ2) is 8.32. The molecule has 0 bridgehead atoms. The molecule has 20 heavy (non-hydrogen) atoms. The molecular formula is C15H22N2O3. The minimum absolute atomic E-state index is 0.00578. The van der Waals surface area contributed by atoms with Crippen molar-refractivity contribution in [3.63, 3.8) is 0 Å². The van der Waals surface area contributed by atoms with Crippen molar-refractivity contribution in [3.8, 4) is 0 Å². The summed E-state index contributed by atoms with van der Waals surface area (Å²) in [4.78, 5) is 24.9. The van der Waals surface area contributed by atoms with Crippen molar-refractivity contribution in [2.24, 2.45) is 0 Å². The van der Waals surface area contributed by atoms with Crippen LogP contribution in [0.15, 0.2) is 24.3 Å². The number of hydrogen-bond acceptors (Lipinski definition) is 3. The molecule has 1 aromatic carbocycles. The van der Waals surface area contributed by atoms with Crippen LogP contribution in [0, 0.1) is 0 Å². The number of carbonyl (C=O) groups is 2. The first kappa shape index (κ1) is 16.2. The van der Waals surface area contributed by atoms with Gasteiger partial charge in [-0.2, -0.15) is 0 Å². The molecule has 5 nitrogen and oxygen atoms in total. The van der Waals surface area contributed by atoms with Gasteiger partial charge in [-0.1, -0.05) is 25.1 Å². The summed E-state index contributed by atoms with van der Waals surface area (Å²) in [6.07, 6.45) is 0.843. The molecule has 1 rings (SSSR count). The van der Waals surface area contributed by atoms with Gasteiger partial charge in [0.1, 0.15) is 6.61 Å². The SMILES string of the molecule is CCOCC(=O)N(C)CC(=O)Nc1ccccc1CC. The van der Waals surface area contributed by atoms with Crippen molar-refractivity contribution in [1.82, 2.24) is 4.90 Å². The van der Waals surface area contributed by atoms with Gasteiger partial charge in [0.2, 0.25) is 11.8 Å². The molecule has 0 aliphatic carbocycles. The molecule has 0 atom stereocenters. The summed E-state index contributed by atoms with van der Waals surface area (Å²) in [6, 6.07) is 7.64. The van der Waals surface area contributed by atoms with Crippen LogP contribution in [0.3, 0.4) is 0 Å². The van der Waals surface area contributed by atoms with Gasteiger partial charge in [0.05, 0.1) is 6.54 Å². The highest BCUT2D eigenvalue weighted by molar-refractivity contribution is 5.95. The first-order valence-electron chi connectivity index (χ1n) is 6.77. The molecule has 1 N–H and O–H groups in total. The number of para-hydroxylation sites is 1.